The van der Waals surface area contributed by atoms with Gasteiger partial charge in [0.05, 0.1) is 24.5 Å². The number of hydrogen-bond acceptors (Lipinski definition) is 6. The van der Waals surface area contributed by atoms with Crippen LogP contribution in [0.5, 0.6) is 5.75 Å². The second-order valence-electron chi connectivity index (χ2n) is 8.49. The summed E-state index contributed by atoms with van der Waals surface area (Å²) >= 11 is 0. The van der Waals surface area contributed by atoms with Crippen molar-refractivity contribution in [1.29, 1.82) is 5.26 Å². The fraction of sp³-hybridized carbons (Fsp3) is 0.360. The van der Waals surface area contributed by atoms with E-state index in [1.165, 1.54) is 11.1 Å². The third kappa shape index (κ3) is 3.50. The van der Waals surface area contributed by atoms with Gasteiger partial charge in [0.15, 0.2) is 5.76 Å². The SMILES string of the molecule is CC(C)Oc1ccc(-c2ncc(-c3cccc4c3C3CC3C4NCCO)o2)cc1C#N. The lowest BCUT2D eigenvalue weighted by Crippen LogP contribution is -2.24. The molecule has 3 atom stereocenters. The van der Waals surface area contributed by atoms with Crippen LogP contribution < -0.4 is 10.1 Å². The molecule has 2 aliphatic carbocycles. The number of fused-ring (bicyclic) bond motifs is 3. The van der Waals surface area contributed by atoms with Gasteiger partial charge in [-0.2, -0.15) is 5.26 Å². The third-order valence-electron chi connectivity index (χ3n) is 6.07. The highest BCUT2D eigenvalue weighted by Gasteiger charge is 2.52. The van der Waals surface area contributed by atoms with E-state index in [1.807, 2.05) is 19.9 Å². The molecule has 3 aromatic rings. The quantitative estimate of drug-likeness (QED) is 0.594. The summed E-state index contributed by atoms with van der Waals surface area (Å²) in [5.74, 6) is 2.92. The first-order valence-electron chi connectivity index (χ1n) is 10.7. The van der Waals surface area contributed by atoms with Crippen molar-refractivity contribution in [3.63, 3.8) is 0 Å². The highest BCUT2D eigenvalue weighted by atomic mass is 16.5. The zero-order valence-electron chi connectivity index (χ0n) is 17.6. The van der Waals surface area contributed by atoms with Crippen LogP contribution in [0.2, 0.25) is 0 Å². The first kappa shape index (κ1) is 19.8. The molecule has 3 unspecified atom stereocenters. The van der Waals surface area contributed by atoms with Gasteiger partial charge in [0.25, 0.3) is 0 Å². The number of rotatable bonds is 7. The lowest BCUT2D eigenvalue weighted by molar-refractivity contribution is 0.242. The molecule has 5 rings (SSSR count). The second kappa shape index (κ2) is 7.84. The van der Waals surface area contributed by atoms with Crippen molar-refractivity contribution in [1.82, 2.24) is 10.3 Å². The predicted octanol–water partition coefficient (Wildman–Crippen LogP) is 4.41. The van der Waals surface area contributed by atoms with Gasteiger partial charge in [-0.25, -0.2) is 4.98 Å². The summed E-state index contributed by atoms with van der Waals surface area (Å²) in [6.45, 7) is 4.60. The van der Waals surface area contributed by atoms with Crippen molar-refractivity contribution in [2.75, 3.05) is 13.2 Å². The Kier molecular flexibility index (Phi) is 5.01. The Morgan fingerprint density at radius 1 is 1.32 bits per heavy atom. The molecule has 1 saturated carbocycles. The summed E-state index contributed by atoms with van der Waals surface area (Å²) in [4.78, 5) is 4.50. The summed E-state index contributed by atoms with van der Waals surface area (Å²) in [5, 5.41) is 22.2. The molecule has 0 amide bonds. The number of aliphatic hydroxyl groups excluding tert-OH is 1. The number of ether oxygens (including phenoxy) is 1. The van der Waals surface area contributed by atoms with E-state index in [9.17, 15) is 10.4 Å². The molecular weight excluding hydrogens is 390 g/mol. The summed E-state index contributed by atoms with van der Waals surface area (Å²) in [6, 6.07) is 14.2. The van der Waals surface area contributed by atoms with Crippen LogP contribution in [0, 0.1) is 17.2 Å². The lowest BCUT2D eigenvalue weighted by atomic mass is 9.96. The average Bonchev–Trinajstić information content (AvgIpc) is 3.27. The maximum atomic E-state index is 9.51. The molecule has 2 N–H and O–H groups in total. The topological polar surface area (TPSA) is 91.3 Å². The summed E-state index contributed by atoms with van der Waals surface area (Å²) < 4.78 is 11.9. The first-order chi connectivity index (χ1) is 15.1. The van der Waals surface area contributed by atoms with E-state index in [1.54, 1.807) is 18.3 Å². The molecule has 6 nitrogen and oxygen atoms in total. The number of aliphatic hydroxyl groups is 1. The summed E-state index contributed by atoms with van der Waals surface area (Å²) in [6.07, 6.45) is 2.92. The van der Waals surface area contributed by atoms with Gasteiger partial charge in [0.1, 0.15) is 11.8 Å². The van der Waals surface area contributed by atoms with E-state index < -0.39 is 0 Å². The lowest BCUT2D eigenvalue weighted by Gasteiger charge is -2.17. The number of aromatic nitrogens is 1. The normalized spacial score (nSPS) is 20.9. The molecule has 0 radical (unpaired) electrons. The molecule has 6 heteroatoms. The van der Waals surface area contributed by atoms with Crippen LogP contribution in [0.1, 0.15) is 48.9 Å². The van der Waals surface area contributed by atoms with Crippen LogP contribution in [-0.4, -0.2) is 29.3 Å². The maximum Gasteiger partial charge on any atom is 0.226 e. The molecule has 31 heavy (non-hydrogen) atoms. The van der Waals surface area contributed by atoms with E-state index in [-0.39, 0.29) is 12.7 Å². The highest BCUT2D eigenvalue weighted by Crippen LogP contribution is 2.63. The molecule has 0 aliphatic heterocycles. The van der Waals surface area contributed by atoms with Crippen LogP contribution in [-0.2, 0) is 0 Å². The van der Waals surface area contributed by atoms with Crippen LogP contribution in [0.3, 0.4) is 0 Å². The van der Waals surface area contributed by atoms with Crippen molar-refractivity contribution in [3.8, 4) is 34.6 Å². The fourth-order valence-electron chi connectivity index (χ4n) is 4.75. The van der Waals surface area contributed by atoms with Crippen molar-refractivity contribution in [2.24, 2.45) is 5.92 Å². The van der Waals surface area contributed by atoms with Crippen LogP contribution in [0.25, 0.3) is 22.8 Å². The monoisotopic (exact) mass is 415 g/mol. The molecule has 158 valence electrons. The minimum absolute atomic E-state index is 0.00610. The molecule has 0 saturated heterocycles. The van der Waals surface area contributed by atoms with E-state index in [0.29, 0.717) is 41.6 Å². The van der Waals surface area contributed by atoms with Gasteiger partial charge in [-0.1, -0.05) is 18.2 Å². The Bertz CT molecular complexity index is 1160. The highest BCUT2D eigenvalue weighted by molar-refractivity contribution is 5.70. The van der Waals surface area contributed by atoms with Crippen molar-refractivity contribution < 1.29 is 14.3 Å². The van der Waals surface area contributed by atoms with Crippen LogP contribution in [0.15, 0.2) is 47.0 Å². The Morgan fingerprint density at radius 3 is 2.97 bits per heavy atom. The standard InChI is InChI=1S/C25H25N3O3/c1-14(2)30-21-7-6-15(10-16(21)12-26)25-28-13-22(31-25)17-4-3-5-18-23(17)19-11-20(19)24(18)27-8-9-29/h3-7,10,13-14,19-20,24,27,29H,8-9,11H2,1-2H3. The second-order valence-corrected chi connectivity index (χ2v) is 8.49. The largest absolute Gasteiger partial charge is 0.490 e. The number of nitriles is 1. The zero-order chi connectivity index (χ0) is 21.5. The Hall–Kier alpha value is -3.14. The summed E-state index contributed by atoms with van der Waals surface area (Å²) in [7, 11) is 0. The number of oxazole rings is 1. The third-order valence-corrected chi connectivity index (χ3v) is 6.07. The van der Waals surface area contributed by atoms with Gasteiger partial charge in [-0.3, -0.25) is 0 Å². The Morgan fingerprint density at radius 2 is 2.19 bits per heavy atom. The van der Waals surface area contributed by atoms with Crippen molar-refractivity contribution >= 4 is 0 Å². The molecular formula is C25H25N3O3. The zero-order valence-corrected chi connectivity index (χ0v) is 17.6. The smallest absolute Gasteiger partial charge is 0.226 e. The van der Waals surface area contributed by atoms with E-state index in [0.717, 1.165) is 23.3 Å². The predicted molar refractivity (Wildman–Crippen MR) is 117 cm³/mol. The molecule has 2 aliphatic rings. The summed E-state index contributed by atoms with van der Waals surface area (Å²) in [5.41, 5.74) is 4.93. The van der Waals surface area contributed by atoms with Gasteiger partial charge < -0.3 is 19.6 Å². The first-order valence-corrected chi connectivity index (χ1v) is 10.7. The minimum Gasteiger partial charge on any atom is -0.490 e. The van der Waals surface area contributed by atoms with E-state index in [2.05, 4.69) is 34.6 Å². The van der Waals surface area contributed by atoms with E-state index >= 15 is 0 Å². The van der Waals surface area contributed by atoms with Crippen LogP contribution >= 0.6 is 0 Å². The van der Waals surface area contributed by atoms with E-state index in [4.69, 9.17) is 9.15 Å². The van der Waals surface area contributed by atoms with Gasteiger partial charge >= 0.3 is 0 Å². The van der Waals surface area contributed by atoms with Crippen molar-refractivity contribution in [3.05, 3.63) is 59.3 Å². The number of nitrogens with zero attached hydrogens (tertiary/aromatic N) is 2. The van der Waals surface area contributed by atoms with Crippen LogP contribution in [0.4, 0.5) is 0 Å². The molecule has 2 aromatic carbocycles. The molecule has 1 fully saturated rings. The van der Waals surface area contributed by atoms with Gasteiger partial charge in [0.2, 0.25) is 5.89 Å². The van der Waals surface area contributed by atoms with Gasteiger partial charge in [-0.05, 0) is 61.4 Å². The van der Waals surface area contributed by atoms with Gasteiger partial charge in [-0.15, -0.1) is 0 Å². The van der Waals surface area contributed by atoms with Crippen molar-refractivity contribution in [2.45, 2.75) is 38.3 Å². The molecule has 1 heterocycles. The number of hydrogen-bond donors (Lipinski definition) is 2. The van der Waals surface area contributed by atoms with Gasteiger partial charge in [0, 0.05) is 23.7 Å². The molecule has 0 bridgehead atoms. The number of benzene rings is 2. The average molecular weight is 415 g/mol. The fourth-order valence-corrected chi connectivity index (χ4v) is 4.75. The Labute approximate surface area is 181 Å². The molecule has 0 spiro atoms. The minimum atomic E-state index is -0.00610. The Balaban J connectivity index is 1.47. The maximum absolute atomic E-state index is 9.51. The number of nitrogens with one attached hydrogen (secondary N) is 1. The molecule has 1 aromatic heterocycles.